The lowest BCUT2D eigenvalue weighted by Gasteiger charge is -2.15. The van der Waals surface area contributed by atoms with Crippen LogP contribution in [0.1, 0.15) is 32.1 Å². The smallest absolute Gasteiger partial charge is 0.0727 e. The number of rotatable bonds is 7. The van der Waals surface area contributed by atoms with Gasteiger partial charge in [0, 0.05) is 13.2 Å². The molecule has 0 spiro atoms. The molecule has 88 valence electrons. The highest BCUT2D eigenvalue weighted by Crippen LogP contribution is 2.19. The fourth-order valence-electron chi connectivity index (χ4n) is 2.17. The van der Waals surface area contributed by atoms with Crippen molar-refractivity contribution in [2.24, 2.45) is 11.7 Å². The van der Waals surface area contributed by atoms with Crippen LogP contribution in [-0.2, 0) is 0 Å². The SMILES string of the molecule is NC(=S)CCCCN1CCC(CCO)C1. The third kappa shape index (κ3) is 5.44. The fraction of sp³-hybridized carbons (Fsp3) is 0.909. The minimum Gasteiger partial charge on any atom is -0.396 e. The first-order valence-corrected chi connectivity index (χ1v) is 6.24. The molecule has 0 aromatic rings. The van der Waals surface area contributed by atoms with E-state index < -0.39 is 0 Å². The van der Waals surface area contributed by atoms with Crippen molar-refractivity contribution in [3.63, 3.8) is 0 Å². The first-order chi connectivity index (χ1) is 7.22. The Morgan fingerprint density at radius 2 is 2.27 bits per heavy atom. The number of unbranched alkanes of at least 4 members (excludes halogenated alkanes) is 1. The zero-order valence-corrected chi connectivity index (χ0v) is 10.1. The van der Waals surface area contributed by atoms with Crippen LogP contribution in [0.15, 0.2) is 0 Å². The molecule has 0 radical (unpaired) electrons. The van der Waals surface area contributed by atoms with E-state index in [1.165, 1.54) is 19.4 Å². The molecule has 3 nitrogen and oxygen atoms in total. The van der Waals surface area contributed by atoms with E-state index in [1.807, 2.05) is 0 Å². The Hall–Kier alpha value is -0.190. The molecule has 4 heteroatoms. The maximum absolute atomic E-state index is 8.84. The van der Waals surface area contributed by atoms with Crippen LogP contribution >= 0.6 is 12.2 Å². The molecule has 1 rings (SSSR count). The molecule has 1 unspecified atom stereocenters. The van der Waals surface area contributed by atoms with E-state index in [9.17, 15) is 0 Å². The van der Waals surface area contributed by atoms with E-state index in [0.29, 0.717) is 17.5 Å². The number of nitrogens with zero attached hydrogens (tertiary/aromatic N) is 1. The third-order valence-electron chi connectivity index (χ3n) is 3.05. The summed E-state index contributed by atoms with van der Waals surface area (Å²) in [6.07, 6.45) is 5.38. The van der Waals surface area contributed by atoms with Gasteiger partial charge in [0.05, 0.1) is 4.99 Å². The lowest BCUT2D eigenvalue weighted by atomic mass is 10.1. The van der Waals surface area contributed by atoms with Gasteiger partial charge in [0.15, 0.2) is 0 Å². The lowest BCUT2D eigenvalue weighted by Crippen LogP contribution is -2.22. The van der Waals surface area contributed by atoms with Crippen LogP contribution in [0.4, 0.5) is 0 Å². The molecule has 0 bridgehead atoms. The zero-order valence-electron chi connectivity index (χ0n) is 9.32. The summed E-state index contributed by atoms with van der Waals surface area (Å²) in [7, 11) is 0. The van der Waals surface area contributed by atoms with Crippen molar-refractivity contribution in [3.8, 4) is 0 Å². The standard InChI is InChI=1S/C11H22N2OS/c12-11(15)3-1-2-6-13-7-4-10(9-13)5-8-14/h10,14H,1-9H2,(H2,12,15). The average Bonchev–Trinajstić information content (AvgIpc) is 2.61. The summed E-state index contributed by atoms with van der Waals surface area (Å²) in [6.45, 7) is 3.84. The minimum atomic E-state index is 0.333. The highest BCUT2D eigenvalue weighted by molar-refractivity contribution is 7.80. The van der Waals surface area contributed by atoms with Gasteiger partial charge in [0.25, 0.3) is 0 Å². The predicted molar refractivity (Wildman–Crippen MR) is 66.9 cm³/mol. The van der Waals surface area contributed by atoms with Gasteiger partial charge in [-0.3, -0.25) is 0 Å². The predicted octanol–water partition coefficient (Wildman–Crippen LogP) is 1.15. The highest BCUT2D eigenvalue weighted by atomic mass is 32.1. The summed E-state index contributed by atoms with van der Waals surface area (Å²) in [5, 5.41) is 8.84. The summed E-state index contributed by atoms with van der Waals surface area (Å²) in [5.41, 5.74) is 5.44. The minimum absolute atomic E-state index is 0.333. The van der Waals surface area contributed by atoms with E-state index in [4.69, 9.17) is 23.1 Å². The molecule has 1 heterocycles. The van der Waals surface area contributed by atoms with Gasteiger partial charge in [-0.15, -0.1) is 0 Å². The Morgan fingerprint density at radius 3 is 2.93 bits per heavy atom. The Morgan fingerprint density at radius 1 is 1.47 bits per heavy atom. The van der Waals surface area contributed by atoms with Crippen molar-refractivity contribution >= 4 is 17.2 Å². The van der Waals surface area contributed by atoms with Gasteiger partial charge < -0.3 is 15.7 Å². The van der Waals surface area contributed by atoms with E-state index in [1.54, 1.807) is 0 Å². The number of hydrogen-bond donors (Lipinski definition) is 2. The second-order valence-electron chi connectivity index (χ2n) is 4.39. The number of likely N-dealkylation sites (tertiary alicyclic amines) is 1. The summed E-state index contributed by atoms with van der Waals surface area (Å²) in [4.78, 5) is 3.12. The molecule has 1 aliphatic rings. The van der Waals surface area contributed by atoms with Crippen LogP contribution in [0, 0.1) is 5.92 Å². The van der Waals surface area contributed by atoms with Crippen LogP contribution in [0.3, 0.4) is 0 Å². The Balaban J connectivity index is 2.01. The average molecular weight is 230 g/mol. The quantitative estimate of drug-likeness (QED) is 0.509. The molecule has 0 saturated carbocycles. The molecular formula is C11H22N2OS. The van der Waals surface area contributed by atoms with Crippen LogP contribution in [0.25, 0.3) is 0 Å². The van der Waals surface area contributed by atoms with Crippen molar-refractivity contribution in [3.05, 3.63) is 0 Å². The first kappa shape index (κ1) is 12.9. The van der Waals surface area contributed by atoms with Crippen LogP contribution in [0.5, 0.6) is 0 Å². The lowest BCUT2D eigenvalue weighted by molar-refractivity contribution is 0.250. The number of hydrogen-bond acceptors (Lipinski definition) is 3. The van der Waals surface area contributed by atoms with Crippen molar-refractivity contribution in [1.82, 2.24) is 4.90 Å². The molecular weight excluding hydrogens is 208 g/mol. The third-order valence-corrected chi connectivity index (χ3v) is 3.26. The number of aliphatic hydroxyl groups excluding tert-OH is 1. The number of nitrogens with two attached hydrogens (primary N) is 1. The summed E-state index contributed by atoms with van der Waals surface area (Å²) < 4.78 is 0. The fourth-order valence-corrected chi connectivity index (χ4v) is 2.31. The molecule has 3 N–H and O–H groups in total. The molecule has 1 fully saturated rings. The zero-order chi connectivity index (χ0) is 11.1. The molecule has 0 aromatic heterocycles. The van der Waals surface area contributed by atoms with Gasteiger partial charge in [0.1, 0.15) is 0 Å². The van der Waals surface area contributed by atoms with Crippen molar-refractivity contribution in [1.29, 1.82) is 0 Å². The van der Waals surface area contributed by atoms with E-state index in [-0.39, 0.29) is 0 Å². The maximum Gasteiger partial charge on any atom is 0.0727 e. The number of aliphatic hydroxyl groups is 1. The van der Waals surface area contributed by atoms with Crippen LogP contribution < -0.4 is 5.73 Å². The summed E-state index contributed by atoms with van der Waals surface area (Å²) in [5.74, 6) is 0.714. The molecule has 15 heavy (non-hydrogen) atoms. The molecule has 1 atom stereocenters. The maximum atomic E-state index is 8.84. The van der Waals surface area contributed by atoms with E-state index in [0.717, 1.165) is 32.4 Å². The monoisotopic (exact) mass is 230 g/mol. The highest BCUT2D eigenvalue weighted by Gasteiger charge is 2.20. The van der Waals surface area contributed by atoms with Crippen LogP contribution in [-0.4, -0.2) is 41.2 Å². The molecule has 0 aromatic carbocycles. The van der Waals surface area contributed by atoms with Gasteiger partial charge >= 0.3 is 0 Å². The Bertz CT molecular complexity index is 199. The Kier molecular flexibility index (Phi) is 6.13. The van der Waals surface area contributed by atoms with E-state index >= 15 is 0 Å². The van der Waals surface area contributed by atoms with Gasteiger partial charge in [-0.2, -0.15) is 0 Å². The van der Waals surface area contributed by atoms with Crippen molar-refractivity contribution < 1.29 is 5.11 Å². The molecule has 1 saturated heterocycles. The second kappa shape index (κ2) is 7.14. The second-order valence-corrected chi connectivity index (χ2v) is 4.92. The number of thiocarbonyl (C=S) groups is 1. The van der Waals surface area contributed by atoms with Gasteiger partial charge in [-0.05, 0) is 51.1 Å². The molecule has 0 amide bonds. The molecule has 1 aliphatic heterocycles. The summed E-state index contributed by atoms with van der Waals surface area (Å²) >= 11 is 4.83. The van der Waals surface area contributed by atoms with Gasteiger partial charge in [-0.1, -0.05) is 12.2 Å². The normalized spacial score (nSPS) is 22.1. The Labute approximate surface area is 97.6 Å². The van der Waals surface area contributed by atoms with Crippen molar-refractivity contribution in [2.75, 3.05) is 26.2 Å². The van der Waals surface area contributed by atoms with Crippen LogP contribution in [0.2, 0.25) is 0 Å². The molecule has 0 aliphatic carbocycles. The van der Waals surface area contributed by atoms with Gasteiger partial charge in [0.2, 0.25) is 0 Å². The topological polar surface area (TPSA) is 49.5 Å². The first-order valence-electron chi connectivity index (χ1n) is 5.84. The largest absolute Gasteiger partial charge is 0.396 e. The van der Waals surface area contributed by atoms with Gasteiger partial charge in [-0.25, -0.2) is 0 Å². The van der Waals surface area contributed by atoms with Crippen molar-refractivity contribution in [2.45, 2.75) is 32.1 Å². The summed E-state index contributed by atoms with van der Waals surface area (Å²) in [6, 6.07) is 0. The van der Waals surface area contributed by atoms with E-state index in [2.05, 4.69) is 4.90 Å².